The number of carbonyl (C=O) groups is 2. The van der Waals surface area contributed by atoms with Crippen LogP contribution in [0.3, 0.4) is 0 Å². The third-order valence-electron chi connectivity index (χ3n) is 2.77. The van der Waals surface area contributed by atoms with Gasteiger partial charge in [0.15, 0.2) is 0 Å². The molecule has 1 N–H and O–H groups in total. The van der Waals surface area contributed by atoms with Crippen LogP contribution in [0.4, 0.5) is 9.18 Å². The molecule has 17 heavy (non-hydrogen) atoms. The van der Waals surface area contributed by atoms with E-state index in [4.69, 9.17) is 16.7 Å². The summed E-state index contributed by atoms with van der Waals surface area (Å²) in [6.45, 7) is 0.0647. The van der Waals surface area contributed by atoms with Crippen molar-refractivity contribution in [2.75, 3.05) is 6.54 Å². The number of likely N-dealkylation sites (tertiary alicyclic amines) is 1. The molecular formula is C11H9ClFNO3. The average molecular weight is 258 g/mol. The minimum atomic E-state index is -1.27. The molecule has 0 unspecified atom stereocenters. The maximum atomic E-state index is 13.2. The summed E-state index contributed by atoms with van der Waals surface area (Å²) in [5, 5.41) is 8.76. The Morgan fingerprint density at radius 2 is 2.24 bits per heavy atom. The molecule has 0 aliphatic carbocycles. The van der Waals surface area contributed by atoms with Crippen LogP contribution in [0.1, 0.15) is 17.9 Å². The molecule has 0 saturated carbocycles. The summed E-state index contributed by atoms with van der Waals surface area (Å²) < 4.78 is 13.2. The Hall–Kier alpha value is -1.62. The van der Waals surface area contributed by atoms with Gasteiger partial charge in [0.2, 0.25) is 5.91 Å². The van der Waals surface area contributed by atoms with E-state index in [1.807, 2.05) is 0 Å². The molecule has 1 fully saturated rings. The second-order valence-electron chi connectivity index (χ2n) is 3.86. The minimum Gasteiger partial charge on any atom is -0.465 e. The van der Waals surface area contributed by atoms with Crippen molar-refractivity contribution in [3.63, 3.8) is 0 Å². The summed E-state index contributed by atoms with van der Waals surface area (Å²) in [5.41, 5.74) is 0.587. The van der Waals surface area contributed by atoms with E-state index in [-0.39, 0.29) is 23.9 Å². The Bertz CT molecular complexity index is 492. The van der Waals surface area contributed by atoms with Crippen molar-refractivity contribution in [1.82, 2.24) is 4.90 Å². The normalized spacial score (nSPS) is 19.8. The number of hydrogen-bond acceptors (Lipinski definition) is 2. The number of rotatable bonds is 1. The molecule has 1 aromatic carbocycles. The van der Waals surface area contributed by atoms with Crippen molar-refractivity contribution in [3.05, 3.63) is 34.6 Å². The van der Waals surface area contributed by atoms with Gasteiger partial charge in [-0.3, -0.25) is 4.79 Å². The molecule has 6 heteroatoms. The highest BCUT2D eigenvalue weighted by molar-refractivity contribution is 6.30. The molecule has 0 bridgehead atoms. The lowest BCUT2D eigenvalue weighted by Crippen LogP contribution is -2.30. The molecule has 0 spiro atoms. The third kappa shape index (κ3) is 2.24. The SMILES string of the molecule is O=C(O)N1C[C@H](c2ccc(Cl)c(F)c2)CC1=O. The minimum absolute atomic E-state index is 0.00756. The van der Waals surface area contributed by atoms with Gasteiger partial charge in [-0.2, -0.15) is 0 Å². The number of hydrogen-bond donors (Lipinski definition) is 1. The first-order valence-corrected chi connectivity index (χ1v) is 5.35. The zero-order valence-electron chi connectivity index (χ0n) is 8.69. The predicted molar refractivity (Wildman–Crippen MR) is 58.5 cm³/mol. The fraction of sp³-hybridized carbons (Fsp3) is 0.273. The second kappa shape index (κ2) is 4.33. The number of imide groups is 1. The maximum Gasteiger partial charge on any atom is 0.414 e. The van der Waals surface area contributed by atoms with Gasteiger partial charge in [0.05, 0.1) is 5.02 Å². The summed E-state index contributed by atoms with van der Waals surface area (Å²) >= 11 is 5.55. The van der Waals surface area contributed by atoms with Gasteiger partial charge in [-0.15, -0.1) is 0 Å². The van der Waals surface area contributed by atoms with Crippen molar-refractivity contribution < 1.29 is 19.1 Å². The summed E-state index contributed by atoms with van der Waals surface area (Å²) in [6.07, 6.45) is -1.19. The molecule has 0 aromatic heterocycles. The summed E-state index contributed by atoms with van der Waals surface area (Å²) in [5.74, 6) is -1.33. The maximum absolute atomic E-state index is 13.2. The molecule has 0 radical (unpaired) electrons. The van der Waals surface area contributed by atoms with Crippen LogP contribution in [0.25, 0.3) is 0 Å². The van der Waals surface area contributed by atoms with E-state index in [2.05, 4.69) is 0 Å². The molecule has 1 heterocycles. The first kappa shape index (κ1) is 11.9. The number of carboxylic acid groups (broad SMARTS) is 1. The molecule has 1 aliphatic heterocycles. The highest BCUT2D eigenvalue weighted by Gasteiger charge is 2.34. The quantitative estimate of drug-likeness (QED) is 0.841. The van der Waals surface area contributed by atoms with Gasteiger partial charge in [-0.25, -0.2) is 14.1 Å². The Morgan fingerprint density at radius 3 is 2.76 bits per heavy atom. The zero-order valence-corrected chi connectivity index (χ0v) is 9.45. The van der Waals surface area contributed by atoms with E-state index in [0.29, 0.717) is 5.56 Å². The van der Waals surface area contributed by atoms with Crippen molar-refractivity contribution >= 4 is 23.6 Å². The van der Waals surface area contributed by atoms with E-state index in [1.54, 1.807) is 6.07 Å². The Balaban J connectivity index is 2.22. The van der Waals surface area contributed by atoms with Crippen LogP contribution < -0.4 is 0 Å². The molecule has 90 valence electrons. The topological polar surface area (TPSA) is 57.6 Å². The van der Waals surface area contributed by atoms with Crippen LogP contribution >= 0.6 is 11.6 Å². The number of carbonyl (C=O) groups excluding carboxylic acids is 1. The van der Waals surface area contributed by atoms with E-state index in [0.717, 1.165) is 4.90 Å². The smallest absolute Gasteiger partial charge is 0.414 e. The fourth-order valence-corrected chi connectivity index (χ4v) is 2.00. The number of benzene rings is 1. The molecule has 1 aliphatic rings. The average Bonchev–Trinajstić information content (AvgIpc) is 2.64. The van der Waals surface area contributed by atoms with Crippen LogP contribution in [-0.2, 0) is 4.79 Å². The van der Waals surface area contributed by atoms with Crippen molar-refractivity contribution in [1.29, 1.82) is 0 Å². The van der Waals surface area contributed by atoms with Crippen molar-refractivity contribution in [3.8, 4) is 0 Å². The van der Waals surface area contributed by atoms with Gasteiger partial charge < -0.3 is 5.11 Å². The highest BCUT2D eigenvalue weighted by Crippen LogP contribution is 2.30. The van der Waals surface area contributed by atoms with Crippen LogP contribution in [0.5, 0.6) is 0 Å². The van der Waals surface area contributed by atoms with Crippen LogP contribution in [-0.4, -0.2) is 28.6 Å². The first-order chi connectivity index (χ1) is 7.99. The number of nitrogens with zero attached hydrogens (tertiary/aromatic N) is 1. The molecule has 4 nitrogen and oxygen atoms in total. The van der Waals surface area contributed by atoms with Gasteiger partial charge in [-0.05, 0) is 17.7 Å². The highest BCUT2D eigenvalue weighted by atomic mass is 35.5. The molecule has 1 atom stereocenters. The number of halogens is 2. The Morgan fingerprint density at radius 1 is 1.53 bits per heavy atom. The van der Waals surface area contributed by atoms with Crippen molar-refractivity contribution in [2.24, 2.45) is 0 Å². The molecule has 2 rings (SSSR count). The number of amides is 2. The molecule has 2 amide bonds. The van der Waals surface area contributed by atoms with E-state index in [9.17, 15) is 14.0 Å². The van der Waals surface area contributed by atoms with Gasteiger partial charge in [0.25, 0.3) is 0 Å². The monoisotopic (exact) mass is 257 g/mol. The summed E-state index contributed by atoms with van der Waals surface area (Å²) in [6, 6.07) is 4.25. The third-order valence-corrected chi connectivity index (χ3v) is 3.08. The van der Waals surface area contributed by atoms with Gasteiger partial charge in [-0.1, -0.05) is 17.7 Å². The lowest BCUT2D eigenvalue weighted by atomic mass is 9.98. The standard InChI is InChI=1S/C11H9ClFNO3/c12-8-2-1-6(3-9(8)13)7-4-10(15)14(5-7)11(16)17/h1-3,7H,4-5H2,(H,16,17)/t7-/m1/s1. The first-order valence-electron chi connectivity index (χ1n) is 4.97. The van der Waals surface area contributed by atoms with Crippen LogP contribution in [0, 0.1) is 5.82 Å². The Labute approximate surface area is 102 Å². The lowest BCUT2D eigenvalue weighted by molar-refractivity contribution is -0.125. The molecular weight excluding hydrogens is 249 g/mol. The fourth-order valence-electron chi connectivity index (χ4n) is 1.88. The molecule has 1 aromatic rings. The zero-order chi connectivity index (χ0) is 12.6. The summed E-state index contributed by atoms with van der Waals surface area (Å²) in [4.78, 5) is 22.8. The van der Waals surface area contributed by atoms with Gasteiger partial charge in [0, 0.05) is 18.9 Å². The largest absolute Gasteiger partial charge is 0.465 e. The van der Waals surface area contributed by atoms with E-state index in [1.165, 1.54) is 12.1 Å². The summed E-state index contributed by atoms with van der Waals surface area (Å²) in [7, 11) is 0. The van der Waals surface area contributed by atoms with Crippen LogP contribution in [0.15, 0.2) is 18.2 Å². The van der Waals surface area contributed by atoms with Crippen LogP contribution in [0.2, 0.25) is 5.02 Å². The molecule has 1 saturated heterocycles. The van der Waals surface area contributed by atoms with Gasteiger partial charge >= 0.3 is 6.09 Å². The van der Waals surface area contributed by atoms with Crippen molar-refractivity contribution in [2.45, 2.75) is 12.3 Å². The lowest BCUT2D eigenvalue weighted by Gasteiger charge is -2.11. The second-order valence-corrected chi connectivity index (χ2v) is 4.27. The van der Waals surface area contributed by atoms with E-state index >= 15 is 0 Å². The Kier molecular flexibility index (Phi) is 3.02. The van der Waals surface area contributed by atoms with Gasteiger partial charge in [0.1, 0.15) is 5.82 Å². The van der Waals surface area contributed by atoms with E-state index < -0.39 is 17.8 Å². The predicted octanol–water partition coefficient (Wildman–Crippen LogP) is 2.47.